The maximum Gasteiger partial charge on any atom is 0.338 e. The molecule has 1 aromatic carbocycles. The Kier molecular flexibility index (Phi) is 4.72. The summed E-state index contributed by atoms with van der Waals surface area (Å²) in [6.45, 7) is 2.20. The zero-order valence-corrected chi connectivity index (χ0v) is 11.3. The molecule has 3 heteroatoms. The molecule has 0 unspecified atom stereocenters. The third-order valence-corrected chi connectivity index (χ3v) is 3.86. The monoisotopic (exact) mass is 260 g/mol. The highest BCUT2D eigenvalue weighted by molar-refractivity contribution is 5.89. The maximum atomic E-state index is 11.6. The summed E-state index contributed by atoms with van der Waals surface area (Å²) in [4.78, 5) is 22.3. The second-order valence-electron chi connectivity index (χ2n) is 5.09. The second-order valence-corrected chi connectivity index (χ2v) is 5.09. The summed E-state index contributed by atoms with van der Waals surface area (Å²) >= 11 is 0. The van der Waals surface area contributed by atoms with Crippen molar-refractivity contribution in [3.8, 4) is 0 Å². The third kappa shape index (κ3) is 3.43. The van der Waals surface area contributed by atoms with Crippen molar-refractivity contribution in [3.63, 3.8) is 0 Å². The van der Waals surface area contributed by atoms with Gasteiger partial charge in [-0.15, -0.1) is 0 Å². The van der Waals surface area contributed by atoms with Gasteiger partial charge in [0.25, 0.3) is 0 Å². The Morgan fingerprint density at radius 1 is 1.21 bits per heavy atom. The first-order valence-electron chi connectivity index (χ1n) is 6.97. The van der Waals surface area contributed by atoms with Crippen molar-refractivity contribution in [2.24, 2.45) is 5.92 Å². The Morgan fingerprint density at radius 2 is 1.84 bits per heavy atom. The van der Waals surface area contributed by atoms with Crippen molar-refractivity contribution in [1.29, 1.82) is 0 Å². The first-order chi connectivity index (χ1) is 9.24. The first kappa shape index (κ1) is 13.8. The molecule has 1 fully saturated rings. The molecule has 1 aromatic rings. The van der Waals surface area contributed by atoms with E-state index in [1.54, 1.807) is 6.92 Å². The molecule has 3 nitrogen and oxygen atoms in total. The molecule has 0 aliphatic heterocycles. The zero-order valence-electron chi connectivity index (χ0n) is 11.3. The summed E-state index contributed by atoms with van der Waals surface area (Å²) in [6.07, 6.45) is 5.16. The van der Waals surface area contributed by atoms with Crippen LogP contribution in [0.5, 0.6) is 0 Å². The minimum Gasteiger partial charge on any atom is -0.462 e. The summed E-state index contributed by atoms with van der Waals surface area (Å²) in [6, 6.07) is 7.69. The molecule has 0 aromatic heterocycles. The van der Waals surface area contributed by atoms with Gasteiger partial charge < -0.3 is 9.53 Å². The number of ether oxygens (including phenoxy) is 1. The summed E-state index contributed by atoms with van der Waals surface area (Å²) in [7, 11) is 0. The Balaban J connectivity index is 1.99. The van der Waals surface area contributed by atoms with Crippen LogP contribution in [0.25, 0.3) is 0 Å². The first-order valence-corrected chi connectivity index (χ1v) is 6.97. The fraction of sp³-hybridized carbons (Fsp3) is 0.500. The minimum absolute atomic E-state index is 0.245. The van der Waals surface area contributed by atoms with Crippen molar-refractivity contribution in [2.75, 3.05) is 6.61 Å². The van der Waals surface area contributed by atoms with E-state index >= 15 is 0 Å². The molecule has 2 rings (SSSR count). The van der Waals surface area contributed by atoms with Crippen molar-refractivity contribution >= 4 is 12.3 Å². The minimum atomic E-state index is -0.265. The largest absolute Gasteiger partial charge is 0.462 e. The number of rotatable bonds is 4. The Hall–Kier alpha value is -1.64. The predicted molar refractivity (Wildman–Crippen MR) is 73.2 cm³/mol. The summed E-state index contributed by atoms with van der Waals surface area (Å²) < 4.78 is 4.96. The van der Waals surface area contributed by atoms with Crippen LogP contribution in [0, 0.1) is 5.92 Å². The molecule has 0 amide bonds. The molecule has 1 aliphatic carbocycles. The molecule has 1 saturated carbocycles. The van der Waals surface area contributed by atoms with Crippen LogP contribution in [0.1, 0.15) is 54.4 Å². The van der Waals surface area contributed by atoms with Crippen LogP contribution >= 0.6 is 0 Å². The van der Waals surface area contributed by atoms with E-state index in [1.165, 1.54) is 5.56 Å². The fourth-order valence-electron chi connectivity index (χ4n) is 2.69. The van der Waals surface area contributed by atoms with Crippen molar-refractivity contribution in [1.82, 2.24) is 0 Å². The summed E-state index contributed by atoms with van der Waals surface area (Å²) in [5.74, 6) is 0.501. The number of carbonyl (C=O) groups is 2. The smallest absolute Gasteiger partial charge is 0.338 e. The average molecular weight is 260 g/mol. The van der Waals surface area contributed by atoms with Crippen molar-refractivity contribution in [3.05, 3.63) is 35.4 Å². The van der Waals surface area contributed by atoms with E-state index in [1.807, 2.05) is 24.3 Å². The number of esters is 1. The van der Waals surface area contributed by atoms with Crippen LogP contribution in [0.2, 0.25) is 0 Å². The standard InChI is InChI=1S/C16H20O3/c1-2-19-16(18)15-9-7-14(8-10-15)13-5-3-12(11-17)4-6-13/h7-13H,2-6H2,1H3. The van der Waals surface area contributed by atoms with Crippen LogP contribution in [0.4, 0.5) is 0 Å². The van der Waals surface area contributed by atoms with E-state index in [9.17, 15) is 9.59 Å². The van der Waals surface area contributed by atoms with Crippen molar-refractivity contribution < 1.29 is 14.3 Å². The SMILES string of the molecule is CCOC(=O)c1ccc(C2CCC(C=O)CC2)cc1. The number of hydrogen-bond acceptors (Lipinski definition) is 3. The lowest BCUT2D eigenvalue weighted by Crippen LogP contribution is -2.14. The van der Waals surface area contributed by atoms with Gasteiger partial charge in [0, 0.05) is 5.92 Å². The quantitative estimate of drug-likeness (QED) is 0.616. The number of aldehydes is 1. The van der Waals surface area contributed by atoms with E-state index in [0.29, 0.717) is 18.1 Å². The van der Waals surface area contributed by atoms with Crippen LogP contribution in [-0.4, -0.2) is 18.9 Å². The predicted octanol–water partition coefficient (Wildman–Crippen LogP) is 3.34. The van der Waals surface area contributed by atoms with E-state index < -0.39 is 0 Å². The van der Waals surface area contributed by atoms with Gasteiger partial charge in [-0.3, -0.25) is 0 Å². The molecule has 102 valence electrons. The Labute approximate surface area is 114 Å². The maximum absolute atomic E-state index is 11.6. The van der Waals surface area contributed by atoms with Crippen LogP contribution in [0.3, 0.4) is 0 Å². The molecule has 0 atom stereocenters. The van der Waals surface area contributed by atoms with Gasteiger partial charge in [0.1, 0.15) is 6.29 Å². The van der Waals surface area contributed by atoms with Gasteiger partial charge in [-0.2, -0.15) is 0 Å². The molecule has 0 spiro atoms. The van der Waals surface area contributed by atoms with Gasteiger partial charge in [-0.25, -0.2) is 4.79 Å². The zero-order chi connectivity index (χ0) is 13.7. The molecule has 0 bridgehead atoms. The molecule has 0 heterocycles. The van der Waals surface area contributed by atoms with Crippen molar-refractivity contribution in [2.45, 2.75) is 38.5 Å². The normalized spacial score (nSPS) is 22.8. The number of hydrogen-bond donors (Lipinski definition) is 0. The summed E-state index contributed by atoms with van der Waals surface area (Å²) in [5.41, 5.74) is 1.87. The van der Waals surface area contributed by atoms with Gasteiger partial charge in [-0.1, -0.05) is 12.1 Å². The van der Waals surface area contributed by atoms with Crippen LogP contribution < -0.4 is 0 Å². The van der Waals surface area contributed by atoms with Crippen LogP contribution in [0.15, 0.2) is 24.3 Å². The molecule has 0 N–H and O–H groups in total. The molecule has 19 heavy (non-hydrogen) atoms. The Morgan fingerprint density at radius 3 is 2.37 bits per heavy atom. The molecule has 0 saturated heterocycles. The highest BCUT2D eigenvalue weighted by atomic mass is 16.5. The lowest BCUT2D eigenvalue weighted by molar-refractivity contribution is -0.111. The molecular formula is C16H20O3. The number of carbonyl (C=O) groups excluding carboxylic acids is 2. The lowest BCUT2D eigenvalue weighted by atomic mass is 9.79. The highest BCUT2D eigenvalue weighted by Crippen LogP contribution is 2.34. The van der Waals surface area contributed by atoms with Crippen LogP contribution in [-0.2, 0) is 9.53 Å². The van der Waals surface area contributed by atoms with E-state index in [-0.39, 0.29) is 11.9 Å². The van der Waals surface area contributed by atoms with E-state index in [4.69, 9.17) is 4.74 Å². The van der Waals surface area contributed by atoms with Gasteiger partial charge >= 0.3 is 5.97 Å². The topological polar surface area (TPSA) is 43.4 Å². The van der Waals surface area contributed by atoms with Gasteiger partial charge in [-0.05, 0) is 56.2 Å². The molecule has 1 aliphatic rings. The highest BCUT2D eigenvalue weighted by Gasteiger charge is 2.22. The van der Waals surface area contributed by atoms with E-state index in [2.05, 4.69) is 0 Å². The van der Waals surface area contributed by atoms with Gasteiger partial charge in [0.15, 0.2) is 0 Å². The van der Waals surface area contributed by atoms with Gasteiger partial charge in [0.2, 0.25) is 0 Å². The fourth-order valence-corrected chi connectivity index (χ4v) is 2.69. The lowest BCUT2D eigenvalue weighted by Gasteiger charge is -2.25. The molecule has 0 radical (unpaired) electrons. The molecular weight excluding hydrogens is 240 g/mol. The Bertz CT molecular complexity index is 428. The second kappa shape index (κ2) is 6.50. The third-order valence-electron chi connectivity index (χ3n) is 3.86. The average Bonchev–Trinajstić information content (AvgIpc) is 2.48. The summed E-state index contributed by atoms with van der Waals surface area (Å²) in [5, 5.41) is 0. The number of benzene rings is 1. The van der Waals surface area contributed by atoms with E-state index in [0.717, 1.165) is 32.0 Å². The van der Waals surface area contributed by atoms with Gasteiger partial charge in [0.05, 0.1) is 12.2 Å².